The highest BCUT2D eigenvalue weighted by atomic mass is 32.3. The predicted octanol–water partition coefficient (Wildman–Crippen LogP) is 0.623. The van der Waals surface area contributed by atoms with Gasteiger partial charge < -0.3 is 8.86 Å². The minimum atomic E-state index is -7.95. The van der Waals surface area contributed by atoms with Gasteiger partial charge in [0.1, 0.15) is 6.04 Å². The molecule has 0 aromatic carbocycles. The van der Waals surface area contributed by atoms with E-state index in [-0.39, 0.29) is 13.0 Å². The molecule has 0 amide bonds. The Balaban J connectivity index is 2.34. The van der Waals surface area contributed by atoms with Crippen molar-refractivity contribution < 1.29 is 74.3 Å². The van der Waals surface area contributed by atoms with E-state index in [0.29, 0.717) is 4.13 Å². The molecule has 0 aromatic heterocycles. The van der Waals surface area contributed by atoms with Crippen LogP contribution in [0.1, 0.15) is 6.42 Å². The van der Waals surface area contributed by atoms with Crippen molar-refractivity contribution in [1.82, 2.24) is 9.21 Å². The van der Waals surface area contributed by atoms with Gasteiger partial charge in [0.05, 0.1) is 6.61 Å². The van der Waals surface area contributed by atoms with Gasteiger partial charge >= 0.3 is 27.9 Å². The van der Waals surface area contributed by atoms with Gasteiger partial charge in [0, 0.05) is 32.6 Å². The molecule has 0 aromatic rings. The molecule has 2 aliphatic heterocycles. The lowest BCUT2D eigenvalue weighted by Gasteiger charge is -2.40. The first kappa shape index (κ1) is 29.8. The summed E-state index contributed by atoms with van der Waals surface area (Å²) in [5, 5.41) is -14.4. The fourth-order valence-electron chi connectivity index (χ4n) is 2.95. The molecule has 0 N–H and O–H groups in total. The number of hydrogen-bond acceptors (Lipinski definition) is 9. The van der Waals surface area contributed by atoms with Crippen LogP contribution in [0.25, 0.3) is 4.13 Å². The largest absolute Gasteiger partial charge is 0.480 e. The summed E-state index contributed by atoms with van der Waals surface area (Å²) in [5.74, 6) is -8.25. The molecule has 2 aliphatic rings. The number of cyclic esters (lactones) is 1. The van der Waals surface area contributed by atoms with Gasteiger partial charge in [0.15, 0.2) is 20.0 Å². The summed E-state index contributed by atoms with van der Waals surface area (Å²) in [7, 11) is -22.2. The van der Waals surface area contributed by atoms with E-state index in [2.05, 4.69) is 4.74 Å². The smallest absolute Gasteiger partial charge is 0.464 e. The second-order valence-electron chi connectivity index (χ2n) is 6.99. The number of alkyl halides is 9. The van der Waals surface area contributed by atoms with Gasteiger partial charge in [-0.05, 0) is 0 Å². The van der Waals surface area contributed by atoms with Crippen LogP contribution >= 0.6 is 0 Å². The Morgan fingerprint density at radius 3 is 1.66 bits per heavy atom. The summed E-state index contributed by atoms with van der Waals surface area (Å²) in [4.78, 5) is 12.8. The van der Waals surface area contributed by atoms with Crippen LogP contribution in [0.2, 0.25) is 0 Å². The van der Waals surface area contributed by atoms with Crippen molar-refractivity contribution in [2.75, 3.05) is 32.8 Å². The Labute approximate surface area is 191 Å². The molecular formula is C12H13F9N3O8S3-. The first-order valence-corrected chi connectivity index (χ1v) is 13.1. The number of esters is 1. The van der Waals surface area contributed by atoms with E-state index in [9.17, 15) is 69.6 Å². The molecule has 0 bridgehead atoms. The average Bonchev–Trinajstić information content (AvgIpc) is 3.11. The van der Waals surface area contributed by atoms with Crippen molar-refractivity contribution in [2.45, 2.75) is 34.4 Å². The van der Waals surface area contributed by atoms with Gasteiger partial charge in [-0.15, -0.1) is 0 Å². The summed E-state index contributed by atoms with van der Waals surface area (Å²) in [5.41, 5.74) is -6.70. The fourth-order valence-corrected chi connectivity index (χ4v) is 6.63. The zero-order valence-corrected chi connectivity index (χ0v) is 19.0. The molecule has 0 spiro atoms. The zero-order valence-electron chi connectivity index (χ0n) is 16.6. The van der Waals surface area contributed by atoms with E-state index < -0.39 is 94.5 Å². The predicted molar refractivity (Wildman–Crippen MR) is 93.5 cm³/mol. The van der Waals surface area contributed by atoms with Gasteiger partial charge in [-0.3, -0.25) is 9.69 Å². The zero-order chi connectivity index (χ0) is 27.5. The summed E-state index contributed by atoms with van der Waals surface area (Å²) < 4.78 is 194. The summed E-state index contributed by atoms with van der Waals surface area (Å²) in [6.07, 6.45) is 0.119. The molecule has 2 heterocycles. The van der Waals surface area contributed by atoms with Crippen LogP contribution in [0.5, 0.6) is 0 Å². The average molecular weight is 594 g/mol. The maximum absolute atomic E-state index is 14.3. The molecule has 2 fully saturated rings. The second kappa shape index (κ2) is 8.85. The van der Waals surface area contributed by atoms with Crippen molar-refractivity contribution >= 4 is 36.0 Å². The van der Waals surface area contributed by atoms with E-state index >= 15 is 0 Å². The molecule has 1 atom stereocenters. The Kier molecular flexibility index (Phi) is 7.53. The number of rotatable bonds is 8. The van der Waals surface area contributed by atoms with Crippen molar-refractivity contribution in [3.8, 4) is 0 Å². The van der Waals surface area contributed by atoms with Crippen LogP contribution in [0.3, 0.4) is 0 Å². The number of hydrogen-bond donors (Lipinski definition) is 0. The van der Waals surface area contributed by atoms with Gasteiger partial charge in [-0.1, -0.05) is 0 Å². The highest BCUT2D eigenvalue weighted by Crippen LogP contribution is 2.53. The summed E-state index contributed by atoms with van der Waals surface area (Å²) >= 11 is 0. The van der Waals surface area contributed by atoms with Crippen molar-refractivity contribution in [1.29, 1.82) is 0 Å². The van der Waals surface area contributed by atoms with Crippen LogP contribution in [-0.4, -0.2) is 101 Å². The molecule has 0 radical (unpaired) electrons. The number of sulfonamides is 3. The van der Waals surface area contributed by atoms with E-state index in [1.54, 1.807) is 0 Å². The first-order valence-electron chi connectivity index (χ1n) is 8.78. The monoisotopic (exact) mass is 594 g/mol. The van der Waals surface area contributed by atoms with Gasteiger partial charge in [0.25, 0.3) is 10.0 Å². The molecule has 2 saturated heterocycles. The van der Waals surface area contributed by atoms with Crippen molar-refractivity contribution in [3.63, 3.8) is 0 Å². The number of carbonyl (C=O) groups is 1. The van der Waals surface area contributed by atoms with Crippen LogP contribution in [-0.2, 0) is 39.6 Å². The topological polar surface area (TPSA) is 149 Å². The van der Waals surface area contributed by atoms with E-state index in [4.69, 9.17) is 0 Å². The molecule has 2 rings (SSSR count). The van der Waals surface area contributed by atoms with E-state index in [0.717, 1.165) is 0 Å². The fraction of sp³-hybridized carbons (Fsp3) is 0.917. The molecule has 206 valence electrons. The van der Waals surface area contributed by atoms with Crippen LogP contribution in [0.15, 0.2) is 0 Å². The molecule has 35 heavy (non-hydrogen) atoms. The second-order valence-corrected chi connectivity index (χ2v) is 12.4. The first-order chi connectivity index (χ1) is 15.4. The molecule has 23 heteroatoms. The van der Waals surface area contributed by atoms with Gasteiger partial charge in [-0.25, -0.2) is 25.3 Å². The number of halogens is 9. The highest BCUT2D eigenvalue weighted by Gasteiger charge is 2.81. The Bertz CT molecular complexity index is 1160. The van der Waals surface area contributed by atoms with E-state index in [1.807, 2.05) is 0 Å². The number of nitrogens with zero attached hydrogens (tertiary/aromatic N) is 3. The molecule has 0 aliphatic carbocycles. The van der Waals surface area contributed by atoms with Crippen LogP contribution < -0.4 is 0 Å². The lowest BCUT2D eigenvalue weighted by molar-refractivity contribution is -0.244. The quantitative estimate of drug-likeness (QED) is 0.291. The minimum absolute atomic E-state index is 0.0228. The number of carbonyl (C=O) groups excluding carboxylic acids is 1. The SMILES string of the molecule is O=C1OCCC1N1CCN(S(=O)(=O)C(F)(F)C(F)(F)C(F)(F)S(=O)(=O)[N-]S(=O)(=O)C(F)(F)F)CC1. The molecular weight excluding hydrogens is 581 g/mol. The Morgan fingerprint density at radius 1 is 0.771 bits per heavy atom. The van der Waals surface area contributed by atoms with Crippen LogP contribution in [0.4, 0.5) is 39.5 Å². The van der Waals surface area contributed by atoms with Gasteiger partial charge in [0.2, 0.25) is 0 Å². The highest BCUT2D eigenvalue weighted by molar-refractivity contribution is 8.13. The summed E-state index contributed by atoms with van der Waals surface area (Å²) in [6, 6.07) is -0.923. The number of ether oxygens (including phenoxy) is 1. The Hall–Kier alpha value is -1.43. The van der Waals surface area contributed by atoms with Crippen molar-refractivity contribution in [3.05, 3.63) is 4.13 Å². The maximum atomic E-state index is 14.3. The van der Waals surface area contributed by atoms with Crippen LogP contribution in [0, 0.1) is 0 Å². The standard InChI is InChI=1S/C12H13F9N3O8S3/c13-9(14,10(15,16)33(26,27)22-34(28,29)12(19,20)21)11(17,18)35(30,31)24-4-2-23(3-5-24)7-1-6-32-8(7)25/h7H,1-6H2/q-1. The van der Waals surface area contributed by atoms with E-state index in [1.165, 1.54) is 4.90 Å². The third kappa shape index (κ3) is 4.81. The lowest BCUT2D eigenvalue weighted by Crippen LogP contribution is -2.65. The Morgan fingerprint density at radius 2 is 1.26 bits per heavy atom. The molecule has 11 nitrogen and oxygen atoms in total. The lowest BCUT2D eigenvalue weighted by atomic mass is 10.2. The molecule has 0 saturated carbocycles. The maximum Gasteiger partial charge on any atom is 0.480 e. The normalized spacial score (nSPS) is 22.9. The molecule has 1 unspecified atom stereocenters. The summed E-state index contributed by atoms with van der Waals surface area (Å²) in [6.45, 7) is -3.25. The third-order valence-corrected chi connectivity index (χ3v) is 9.84. The number of piperazine rings is 1. The third-order valence-electron chi connectivity index (χ3n) is 4.83. The minimum Gasteiger partial charge on any atom is -0.464 e. The van der Waals surface area contributed by atoms with Crippen molar-refractivity contribution in [2.24, 2.45) is 0 Å². The van der Waals surface area contributed by atoms with Gasteiger partial charge in [-0.2, -0.15) is 43.8 Å².